The van der Waals surface area contributed by atoms with Gasteiger partial charge in [0.15, 0.2) is 0 Å². The fraction of sp³-hybridized carbons (Fsp3) is 0.296. The van der Waals surface area contributed by atoms with Crippen molar-refractivity contribution in [1.29, 1.82) is 0 Å². The summed E-state index contributed by atoms with van der Waals surface area (Å²) >= 11 is 0. The molecule has 2 aliphatic heterocycles. The number of para-hydroxylation sites is 1. The number of rotatable bonds is 5. The summed E-state index contributed by atoms with van der Waals surface area (Å²) in [5.41, 5.74) is 4.35. The lowest BCUT2D eigenvalue weighted by molar-refractivity contribution is -0.126. The first-order chi connectivity index (χ1) is 16.1. The normalized spacial score (nSPS) is 20.1. The van der Waals surface area contributed by atoms with Gasteiger partial charge in [0.25, 0.3) is 0 Å². The molecule has 1 fully saturated rings. The first-order valence-corrected chi connectivity index (χ1v) is 11.4. The van der Waals surface area contributed by atoms with Crippen LogP contribution in [0.4, 0.5) is 14.5 Å². The van der Waals surface area contributed by atoms with E-state index < -0.39 is 0 Å². The maximum absolute atomic E-state index is 13.3. The standard InChI is InChI=1S/C27H27F2N3O/c28-22-9-5-19(6-10-22)16-30-27(33)24-15-21-3-1-2-4-25(21)32-14-13-31(18-26(24)32)17-20-7-11-23(29)12-8-20/h1-12,24,26H,13-18H2,(H,30,33)/t24-,26+/m1/s1. The summed E-state index contributed by atoms with van der Waals surface area (Å²) in [7, 11) is 0. The van der Waals surface area contributed by atoms with E-state index in [-0.39, 0.29) is 29.5 Å². The van der Waals surface area contributed by atoms with Gasteiger partial charge in [0, 0.05) is 38.4 Å². The third-order valence-electron chi connectivity index (χ3n) is 6.74. The van der Waals surface area contributed by atoms with Crippen LogP contribution in [-0.4, -0.2) is 36.5 Å². The van der Waals surface area contributed by atoms with Crippen molar-refractivity contribution >= 4 is 11.6 Å². The van der Waals surface area contributed by atoms with Crippen LogP contribution in [0, 0.1) is 17.6 Å². The van der Waals surface area contributed by atoms with Crippen LogP contribution in [0.25, 0.3) is 0 Å². The average molecular weight is 448 g/mol. The number of anilines is 1. The monoisotopic (exact) mass is 447 g/mol. The molecule has 0 bridgehead atoms. The Kier molecular flexibility index (Phi) is 6.09. The molecule has 2 aliphatic rings. The van der Waals surface area contributed by atoms with Crippen LogP contribution in [0.1, 0.15) is 16.7 Å². The first-order valence-electron chi connectivity index (χ1n) is 11.4. The van der Waals surface area contributed by atoms with Crippen molar-refractivity contribution in [3.8, 4) is 0 Å². The van der Waals surface area contributed by atoms with Gasteiger partial charge in [0.2, 0.25) is 5.91 Å². The molecule has 0 spiro atoms. The third-order valence-corrected chi connectivity index (χ3v) is 6.74. The molecule has 0 aromatic heterocycles. The molecule has 0 radical (unpaired) electrons. The molecule has 2 atom stereocenters. The van der Waals surface area contributed by atoms with Gasteiger partial charge in [-0.3, -0.25) is 9.69 Å². The number of hydrogen-bond acceptors (Lipinski definition) is 3. The van der Waals surface area contributed by atoms with Gasteiger partial charge in [-0.15, -0.1) is 0 Å². The van der Waals surface area contributed by atoms with Crippen LogP contribution in [0.5, 0.6) is 0 Å². The molecule has 1 N–H and O–H groups in total. The Balaban J connectivity index is 1.33. The van der Waals surface area contributed by atoms with Gasteiger partial charge in [0.05, 0.1) is 12.0 Å². The van der Waals surface area contributed by atoms with Crippen molar-refractivity contribution < 1.29 is 13.6 Å². The maximum atomic E-state index is 13.3. The van der Waals surface area contributed by atoms with Crippen LogP contribution in [0.2, 0.25) is 0 Å². The van der Waals surface area contributed by atoms with E-state index in [1.807, 2.05) is 18.2 Å². The number of amides is 1. The van der Waals surface area contributed by atoms with Crippen molar-refractivity contribution in [1.82, 2.24) is 10.2 Å². The van der Waals surface area contributed by atoms with Crippen molar-refractivity contribution in [3.05, 3.63) is 101 Å². The highest BCUT2D eigenvalue weighted by Gasteiger charge is 2.41. The number of carbonyl (C=O) groups excluding carboxylic acids is 1. The summed E-state index contributed by atoms with van der Waals surface area (Å²) in [6.07, 6.45) is 0.691. The fourth-order valence-corrected chi connectivity index (χ4v) is 5.03. The second kappa shape index (κ2) is 9.32. The maximum Gasteiger partial charge on any atom is 0.225 e. The van der Waals surface area contributed by atoms with Crippen LogP contribution in [0.15, 0.2) is 72.8 Å². The summed E-state index contributed by atoms with van der Waals surface area (Å²) in [6, 6.07) is 21.2. The zero-order valence-electron chi connectivity index (χ0n) is 18.4. The molecule has 0 aliphatic carbocycles. The summed E-state index contributed by atoms with van der Waals surface area (Å²) in [5.74, 6) is -0.678. The molecule has 3 aromatic carbocycles. The van der Waals surface area contributed by atoms with Gasteiger partial charge in [0.1, 0.15) is 11.6 Å². The van der Waals surface area contributed by atoms with E-state index in [0.717, 1.165) is 37.3 Å². The molecule has 0 saturated carbocycles. The lowest BCUT2D eigenvalue weighted by Crippen LogP contribution is -2.60. The molecular formula is C27H27F2N3O. The van der Waals surface area contributed by atoms with Crippen LogP contribution < -0.4 is 10.2 Å². The Morgan fingerprint density at radius 3 is 2.27 bits per heavy atom. The minimum absolute atomic E-state index is 0.0208. The van der Waals surface area contributed by atoms with Gasteiger partial charge in [-0.25, -0.2) is 8.78 Å². The molecular weight excluding hydrogens is 420 g/mol. The lowest BCUT2D eigenvalue weighted by atomic mass is 9.83. The van der Waals surface area contributed by atoms with E-state index in [2.05, 4.69) is 33.3 Å². The highest BCUT2D eigenvalue weighted by atomic mass is 19.1. The van der Waals surface area contributed by atoms with Crippen molar-refractivity contribution in [3.63, 3.8) is 0 Å². The van der Waals surface area contributed by atoms with E-state index in [4.69, 9.17) is 0 Å². The number of nitrogens with zero attached hydrogens (tertiary/aromatic N) is 2. The molecule has 5 rings (SSSR count). The van der Waals surface area contributed by atoms with E-state index >= 15 is 0 Å². The minimum atomic E-state index is -0.284. The Bertz CT molecular complexity index is 1120. The SMILES string of the molecule is O=C(NCc1ccc(F)cc1)[C@@H]1Cc2ccccc2N2CCN(Cc3ccc(F)cc3)C[C@@H]12. The molecule has 1 saturated heterocycles. The van der Waals surface area contributed by atoms with Gasteiger partial charge in [-0.05, 0) is 53.4 Å². The Morgan fingerprint density at radius 2 is 1.55 bits per heavy atom. The smallest absolute Gasteiger partial charge is 0.225 e. The topological polar surface area (TPSA) is 35.6 Å². The van der Waals surface area contributed by atoms with Crippen molar-refractivity contribution in [2.24, 2.45) is 5.92 Å². The Labute approximate surface area is 192 Å². The quantitative estimate of drug-likeness (QED) is 0.639. The van der Waals surface area contributed by atoms with Gasteiger partial charge in [-0.1, -0.05) is 42.5 Å². The van der Waals surface area contributed by atoms with Crippen LogP contribution in [0.3, 0.4) is 0 Å². The summed E-state index contributed by atoms with van der Waals surface area (Å²) in [4.78, 5) is 18.1. The summed E-state index contributed by atoms with van der Waals surface area (Å²) in [5, 5.41) is 3.07. The molecule has 1 amide bonds. The number of nitrogens with one attached hydrogen (secondary N) is 1. The van der Waals surface area contributed by atoms with Crippen LogP contribution in [-0.2, 0) is 24.3 Å². The predicted molar refractivity (Wildman–Crippen MR) is 125 cm³/mol. The van der Waals surface area contributed by atoms with E-state index in [1.165, 1.54) is 35.5 Å². The minimum Gasteiger partial charge on any atom is -0.365 e. The molecule has 33 heavy (non-hydrogen) atoms. The lowest BCUT2D eigenvalue weighted by Gasteiger charge is -2.49. The summed E-state index contributed by atoms with van der Waals surface area (Å²) < 4.78 is 26.5. The largest absolute Gasteiger partial charge is 0.365 e. The molecule has 4 nitrogen and oxygen atoms in total. The molecule has 6 heteroatoms. The number of carbonyl (C=O) groups is 1. The second-order valence-electron chi connectivity index (χ2n) is 8.91. The number of piperazine rings is 1. The van der Waals surface area contributed by atoms with Crippen LogP contribution >= 0.6 is 0 Å². The van der Waals surface area contributed by atoms with E-state index in [1.54, 1.807) is 12.1 Å². The Morgan fingerprint density at radius 1 is 0.879 bits per heavy atom. The van der Waals surface area contributed by atoms with E-state index in [9.17, 15) is 13.6 Å². The summed E-state index contributed by atoms with van der Waals surface area (Å²) in [6.45, 7) is 3.59. The predicted octanol–water partition coefficient (Wildman–Crippen LogP) is 4.14. The number of halogens is 2. The van der Waals surface area contributed by atoms with Gasteiger partial charge < -0.3 is 10.2 Å². The number of fused-ring (bicyclic) bond motifs is 3. The van der Waals surface area contributed by atoms with Gasteiger partial charge >= 0.3 is 0 Å². The number of hydrogen-bond donors (Lipinski definition) is 1. The molecule has 3 aromatic rings. The first kappa shape index (κ1) is 21.6. The average Bonchev–Trinajstić information content (AvgIpc) is 2.84. The van der Waals surface area contributed by atoms with E-state index in [0.29, 0.717) is 13.0 Å². The fourth-order valence-electron chi connectivity index (χ4n) is 5.03. The number of benzene rings is 3. The third kappa shape index (κ3) is 4.76. The molecule has 0 unspecified atom stereocenters. The zero-order valence-corrected chi connectivity index (χ0v) is 18.4. The van der Waals surface area contributed by atoms with Gasteiger partial charge in [-0.2, -0.15) is 0 Å². The highest BCUT2D eigenvalue weighted by molar-refractivity contribution is 5.82. The zero-order chi connectivity index (χ0) is 22.8. The molecule has 170 valence electrons. The second-order valence-corrected chi connectivity index (χ2v) is 8.91. The van der Waals surface area contributed by atoms with Crippen molar-refractivity contribution in [2.45, 2.75) is 25.6 Å². The van der Waals surface area contributed by atoms with Crippen molar-refractivity contribution in [2.75, 3.05) is 24.5 Å². The Hall–Kier alpha value is -3.25. The molecule has 2 heterocycles. The highest BCUT2D eigenvalue weighted by Crippen LogP contribution is 2.36.